The number of aromatic nitrogens is 1. The Labute approximate surface area is 132 Å². The average molecular weight is 323 g/mol. The molecule has 0 saturated heterocycles. The van der Waals surface area contributed by atoms with Gasteiger partial charge >= 0.3 is 6.03 Å². The van der Waals surface area contributed by atoms with Crippen LogP contribution in [0.1, 0.15) is 26.7 Å². The minimum Gasteiger partial charge on any atom is -0.392 e. The maximum absolute atomic E-state index is 13.3. The standard InChI is InChI=1S/C15H18FN3O2S/c1-9-14(19-10(2)22-9)7-18-15(21)17-6-11-3-4-13(16)12(5-11)8-20/h3-5,20H,6-8H2,1-2H3,(H2,17,18,21). The van der Waals surface area contributed by atoms with Crippen LogP contribution in [0.25, 0.3) is 0 Å². The summed E-state index contributed by atoms with van der Waals surface area (Å²) in [6.07, 6.45) is 0. The van der Waals surface area contributed by atoms with Gasteiger partial charge in [-0.15, -0.1) is 11.3 Å². The lowest BCUT2D eigenvalue weighted by Gasteiger charge is -2.08. The SMILES string of the molecule is Cc1nc(CNC(=O)NCc2ccc(F)c(CO)c2)c(C)s1. The molecule has 1 heterocycles. The third kappa shape index (κ3) is 4.25. The second-order valence-corrected chi connectivity index (χ2v) is 6.26. The van der Waals surface area contributed by atoms with Crippen LogP contribution in [0.5, 0.6) is 0 Å². The molecule has 0 fully saturated rings. The average Bonchev–Trinajstić information content (AvgIpc) is 2.82. The molecule has 3 N–H and O–H groups in total. The van der Waals surface area contributed by atoms with Gasteiger partial charge in [-0.1, -0.05) is 6.07 Å². The zero-order valence-electron chi connectivity index (χ0n) is 12.4. The fraction of sp³-hybridized carbons (Fsp3) is 0.333. The normalized spacial score (nSPS) is 10.5. The van der Waals surface area contributed by atoms with Crippen molar-refractivity contribution in [1.29, 1.82) is 0 Å². The molecule has 0 aliphatic heterocycles. The number of nitrogens with one attached hydrogen (secondary N) is 2. The highest BCUT2D eigenvalue weighted by molar-refractivity contribution is 7.11. The van der Waals surface area contributed by atoms with Gasteiger partial charge in [0.1, 0.15) is 5.82 Å². The molecular weight excluding hydrogens is 305 g/mol. The quantitative estimate of drug-likeness (QED) is 0.791. The Morgan fingerprint density at radius 1 is 1.32 bits per heavy atom. The van der Waals surface area contributed by atoms with Crippen LogP contribution in [0, 0.1) is 19.7 Å². The van der Waals surface area contributed by atoms with Crippen LogP contribution < -0.4 is 10.6 Å². The summed E-state index contributed by atoms with van der Waals surface area (Å²) in [5, 5.41) is 15.4. The summed E-state index contributed by atoms with van der Waals surface area (Å²) in [6, 6.07) is 4.06. The molecule has 0 atom stereocenters. The Morgan fingerprint density at radius 2 is 2.05 bits per heavy atom. The van der Waals surface area contributed by atoms with Gasteiger partial charge in [0.2, 0.25) is 0 Å². The van der Waals surface area contributed by atoms with Crippen LogP contribution in [-0.2, 0) is 19.7 Å². The number of carbonyl (C=O) groups excluding carboxylic acids is 1. The van der Waals surface area contributed by atoms with Crippen LogP contribution in [0.15, 0.2) is 18.2 Å². The summed E-state index contributed by atoms with van der Waals surface area (Å²) >= 11 is 1.59. The van der Waals surface area contributed by atoms with E-state index in [1.54, 1.807) is 17.4 Å². The number of rotatable bonds is 5. The van der Waals surface area contributed by atoms with E-state index in [0.29, 0.717) is 6.54 Å². The third-order valence-electron chi connectivity index (χ3n) is 3.15. The van der Waals surface area contributed by atoms with Crippen LogP contribution in [0.2, 0.25) is 0 Å². The summed E-state index contributed by atoms with van der Waals surface area (Å²) in [5.41, 5.74) is 1.80. The number of hydrogen-bond donors (Lipinski definition) is 3. The van der Waals surface area contributed by atoms with Gasteiger partial charge in [-0.25, -0.2) is 14.2 Å². The number of aliphatic hydroxyl groups is 1. The smallest absolute Gasteiger partial charge is 0.315 e. The lowest BCUT2D eigenvalue weighted by atomic mass is 10.1. The second-order valence-electron chi connectivity index (χ2n) is 4.86. The number of aliphatic hydroxyl groups excluding tert-OH is 1. The number of halogens is 1. The van der Waals surface area contributed by atoms with Crippen LogP contribution in [0.4, 0.5) is 9.18 Å². The highest BCUT2D eigenvalue weighted by atomic mass is 32.1. The Kier molecular flexibility index (Phi) is 5.46. The van der Waals surface area contributed by atoms with Gasteiger partial charge in [0.15, 0.2) is 0 Å². The van der Waals surface area contributed by atoms with Gasteiger partial charge in [-0.05, 0) is 31.5 Å². The molecule has 7 heteroatoms. The summed E-state index contributed by atoms with van der Waals surface area (Å²) in [6.45, 7) is 4.15. The first kappa shape index (κ1) is 16.4. The molecule has 1 aromatic heterocycles. The summed E-state index contributed by atoms with van der Waals surface area (Å²) in [7, 11) is 0. The number of carbonyl (C=O) groups is 1. The molecule has 1 aromatic carbocycles. The van der Waals surface area contributed by atoms with E-state index in [2.05, 4.69) is 15.6 Å². The fourth-order valence-electron chi connectivity index (χ4n) is 2.00. The first-order valence-corrected chi connectivity index (χ1v) is 7.64. The number of aryl methyl sites for hydroxylation is 2. The number of thiazole rings is 1. The van der Waals surface area contributed by atoms with Gasteiger partial charge in [-0.2, -0.15) is 0 Å². The van der Waals surface area contributed by atoms with E-state index >= 15 is 0 Å². The Hall–Kier alpha value is -1.99. The minimum atomic E-state index is -0.454. The van der Waals surface area contributed by atoms with E-state index < -0.39 is 5.82 Å². The predicted molar refractivity (Wildman–Crippen MR) is 83.0 cm³/mol. The summed E-state index contributed by atoms with van der Waals surface area (Å²) in [5.74, 6) is -0.454. The van der Waals surface area contributed by atoms with E-state index in [-0.39, 0.29) is 24.7 Å². The van der Waals surface area contributed by atoms with Crippen molar-refractivity contribution in [2.24, 2.45) is 0 Å². The van der Waals surface area contributed by atoms with E-state index in [1.807, 2.05) is 13.8 Å². The molecule has 0 saturated carbocycles. The molecule has 0 aliphatic rings. The molecule has 2 aromatic rings. The molecule has 2 amide bonds. The fourth-order valence-corrected chi connectivity index (χ4v) is 2.84. The molecule has 22 heavy (non-hydrogen) atoms. The van der Waals surface area contributed by atoms with E-state index in [0.717, 1.165) is 21.1 Å². The molecule has 0 bridgehead atoms. The highest BCUT2D eigenvalue weighted by Crippen LogP contribution is 2.15. The van der Waals surface area contributed by atoms with Gasteiger partial charge in [-0.3, -0.25) is 0 Å². The number of hydrogen-bond acceptors (Lipinski definition) is 4. The van der Waals surface area contributed by atoms with Gasteiger partial charge in [0, 0.05) is 17.0 Å². The van der Waals surface area contributed by atoms with E-state index in [4.69, 9.17) is 5.11 Å². The second kappa shape index (κ2) is 7.33. The minimum absolute atomic E-state index is 0.216. The summed E-state index contributed by atoms with van der Waals surface area (Å²) < 4.78 is 13.3. The maximum atomic E-state index is 13.3. The zero-order chi connectivity index (χ0) is 16.1. The maximum Gasteiger partial charge on any atom is 0.315 e. The third-order valence-corrected chi connectivity index (χ3v) is 4.08. The first-order chi connectivity index (χ1) is 10.5. The van der Waals surface area contributed by atoms with Crippen molar-refractivity contribution < 1.29 is 14.3 Å². The molecule has 0 unspecified atom stereocenters. The van der Waals surface area contributed by atoms with Crippen molar-refractivity contribution in [3.05, 3.63) is 50.7 Å². The Balaban J connectivity index is 1.84. The predicted octanol–water partition coefficient (Wildman–Crippen LogP) is 2.39. The molecule has 118 valence electrons. The first-order valence-electron chi connectivity index (χ1n) is 6.82. The molecule has 0 spiro atoms. The molecule has 2 rings (SSSR count). The number of urea groups is 1. The number of benzene rings is 1. The van der Waals surface area contributed by atoms with E-state index in [1.165, 1.54) is 12.1 Å². The van der Waals surface area contributed by atoms with Crippen molar-refractivity contribution in [3.8, 4) is 0 Å². The van der Waals surface area contributed by atoms with Gasteiger partial charge in [0.05, 0.1) is 23.9 Å². The molecule has 5 nitrogen and oxygen atoms in total. The van der Waals surface area contributed by atoms with Crippen molar-refractivity contribution in [3.63, 3.8) is 0 Å². The van der Waals surface area contributed by atoms with Crippen LogP contribution in [0.3, 0.4) is 0 Å². The van der Waals surface area contributed by atoms with Gasteiger partial charge < -0.3 is 15.7 Å². The Morgan fingerprint density at radius 3 is 2.68 bits per heavy atom. The van der Waals surface area contributed by atoms with Crippen molar-refractivity contribution in [1.82, 2.24) is 15.6 Å². The monoisotopic (exact) mass is 323 g/mol. The van der Waals surface area contributed by atoms with Gasteiger partial charge in [0.25, 0.3) is 0 Å². The molecule has 0 aliphatic carbocycles. The van der Waals surface area contributed by atoms with Crippen molar-refractivity contribution >= 4 is 17.4 Å². The molecule has 0 radical (unpaired) electrons. The summed E-state index contributed by atoms with van der Waals surface area (Å²) in [4.78, 5) is 17.2. The highest BCUT2D eigenvalue weighted by Gasteiger charge is 2.07. The van der Waals surface area contributed by atoms with Crippen molar-refractivity contribution in [2.45, 2.75) is 33.5 Å². The largest absolute Gasteiger partial charge is 0.392 e. The topological polar surface area (TPSA) is 74.2 Å². The molecular formula is C15H18FN3O2S. The Bertz CT molecular complexity index is 673. The van der Waals surface area contributed by atoms with Crippen molar-refractivity contribution in [2.75, 3.05) is 0 Å². The number of nitrogens with zero attached hydrogens (tertiary/aromatic N) is 1. The van der Waals surface area contributed by atoms with Crippen LogP contribution in [-0.4, -0.2) is 16.1 Å². The number of amides is 2. The zero-order valence-corrected chi connectivity index (χ0v) is 13.3. The van der Waals surface area contributed by atoms with E-state index in [9.17, 15) is 9.18 Å². The lowest BCUT2D eigenvalue weighted by Crippen LogP contribution is -2.34. The lowest BCUT2D eigenvalue weighted by molar-refractivity contribution is 0.240. The van der Waals surface area contributed by atoms with Crippen LogP contribution >= 0.6 is 11.3 Å².